The van der Waals surface area contributed by atoms with E-state index < -0.39 is 0 Å². The summed E-state index contributed by atoms with van der Waals surface area (Å²) in [6, 6.07) is 8.92. The lowest BCUT2D eigenvalue weighted by atomic mass is 9.89. The molecule has 2 saturated heterocycles. The highest BCUT2D eigenvalue weighted by Gasteiger charge is 2.30. The zero-order valence-corrected chi connectivity index (χ0v) is 16.0. The highest BCUT2D eigenvalue weighted by Crippen LogP contribution is 2.29. The fourth-order valence-electron chi connectivity index (χ4n) is 4.56. The van der Waals surface area contributed by atoms with E-state index in [1.807, 2.05) is 12.1 Å². The van der Waals surface area contributed by atoms with E-state index in [0.29, 0.717) is 12.2 Å². The minimum Gasteiger partial charge on any atom is -0.375 e. The molecule has 0 amide bonds. The van der Waals surface area contributed by atoms with Crippen LogP contribution in [0.1, 0.15) is 62.2 Å². The summed E-state index contributed by atoms with van der Waals surface area (Å²) >= 11 is 0. The molecule has 26 heavy (non-hydrogen) atoms. The van der Waals surface area contributed by atoms with Crippen molar-refractivity contribution in [1.82, 2.24) is 4.90 Å². The molecule has 3 fully saturated rings. The van der Waals surface area contributed by atoms with Gasteiger partial charge in [-0.3, -0.25) is 4.79 Å². The van der Waals surface area contributed by atoms with E-state index in [2.05, 4.69) is 21.9 Å². The Labute approximate surface area is 157 Å². The monoisotopic (exact) mass is 356 g/mol. The van der Waals surface area contributed by atoms with Crippen molar-refractivity contribution in [3.05, 3.63) is 29.8 Å². The normalized spacial score (nSPS) is 23.8. The van der Waals surface area contributed by atoms with E-state index in [4.69, 9.17) is 4.74 Å². The van der Waals surface area contributed by atoms with Gasteiger partial charge in [0.05, 0.1) is 12.2 Å². The van der Waals surface area contributed by atoms with Gasteiger partial charge in [-0.05, 0) is 69.7 Å². The molecule has 1 aromatic rings. The van der Waals surface area contributed by atoms with Crippen LogP contribution in [0.25, 0.3) is 0 Å². The molecule has 2 aliphatic heterocycles. The van der Waals surface area contributed by atoms with Crippen LogP contribution < -0.4 is 4.90 Å². The molecule has 0 bridgehead atoms. The molecule has 1 aromatic carbocycles. The average molecular weight is 357 g/mol. The Hall–Kier alpha value is -1.39. The van der Waals surface area contributed by atoms with E-state index >= 15 is 0 Å². The summed E-state index contributed by atoms with van der Waals surface area (Å²) in [5.74, 6) is 0.131. The molecule has 0 N–H and O–H groups in total. The van der Waals surface area contributed by atoms with Crippen molar-refractivity contribution in [3.63, 3.8) is 0 Å². The van der Waals surface area contributed by atoms with Gasteiger partial charge in [-0.1, -0.05) is 6.42 Å². The van der Waals surface area contributed by atoms with Gasteiger partial charge >= 0.3 is 0 Å². The zero-order chi connectivity index (χ0) is 17.9. The van der Waals surface area contributed by atoms with Crippen molar-refractivity contribution in [1.29, 1.82) is 0 Å². The molecule has 4 rings (SSSR count). The van der Waals surface area contributed by atoms with Crippen LogP contribution in [0.3, 0.4) is 0 Å². The molecule has 142 valence electrons. The largest absolute Gasteiger partial charge is 0.375 e. The molecule has 4 nitrogen and oxygen atoms in total. The smallest absolute Gasteiger partial charge is 0.159 e. The number of carbonyl (C=O) groups excluding carboxylic acids is 1. The maximum absolute atomic E-state index is 11.4. The molecule has 2 heterocycles. The molecule has 3 aliphatic rings. The molecular weight excluding hydrogens is 324 g/mol. The molecule has 1 saturated carbocycles. The number of ketones is 1. The minimum absolute atomic E-state index is 0.131. The molecule has 0 unspecified atom stereocenters. The van der Waals surface area contributed by atoms with Crippen LogP contribution in [0.2, 0.25) is 0 Å². The Morgan fingerprint density at radius 3 is 1.96 bits per heavy atom. The highest BCUT2D eigenvalue weighted by molar-refractivity contribution is 5.94. The van der Waals surface area contributed by atoms with Crippen molar-refractivity contribution in [2.75, 3.05) is 31.1 Å². The lowest BCUT2D eigenvalue weighted by molar-refractivity contribution is -0.0598. The summed E-state index contributed by atoms with van der Waals surface area (Å²) < 4.78 is 6.45. The van der Waals surface area contributed by atoms with Gasteiger partial charge in [0.15, 0.2) is 5.78 Å². The zero-order valence-electron chi connectivity index (χ0n) is 16.0. The van der Waals surface area contributed by atoms with Crippen molar-refractivity contribution in [2.24, 2.45) is 0 Å². The number of piperidine rings is 2. The summed E-state index contributed by atoms with van der Waals surface area (Å²) in [5, 5.41) is 0. The van der Waals surface area contributed by atoms with Crippen LogP contribution in [-0.2, 0) is 4.74 Å². The van der Waals surface area contributed by atoms with Gasteiger partial charge < -0.3 is 14.5 Å². The standard InChI is InChI=1S/C22H32N2O2/c1-17(25)18-5-7-20(8-6-18)24-15-11-22(12-16-24)26-21-9-13-23(14-10-21)19-3-2-4-19/h5-8,19,21-22H,2-4,9-16H2,1H3. The number of ether oxygens (including phenoxy) is 1. The summed E-state index contributed by atoms with van der Waals surface area (Å²) in [6.45, 7) is 6.18. The third-order valence-electron chi connectivity index (χ3n) is 6.53. The second kappa shape index (κ2) is 8.10. The minimum atomic E-state index is 0.131. The number of Topliss-reactive ketones (excluding diaryl/α,β-unsaturated/α-hetero) is 1. The van der Waals surface area contributed by atoms with Crippen LogP contribution >= 0.6 is 0 Å². The maximum atomic E-state index is 11.4. The van der Waals surface area contributed by atoms with Crippen molar-refractivity contribution in [3.8, 4) is 0 Å². The van der Waals surface area contributed by atoms with Crippen LogP contribution in [0, 0.1) is 0 Å². The van der Waals surface area contributed by atoms with Crippen LogP contribution in [-0.4, -0.2) is 55.1 Å². The van der Waals surface area contributed by atoms with E-state index in [0.717, 1.165) is 37.5 Å². The number of hydrogen-bond acceptors (Lipinski definition) is 4. The van der Waals surface area contributed by atoms with Gasteiger partial charge in [0, 0.05) is 43.5 Å². The van der Waals surface area contributed by atoms with E-state index in [1.54, 1.807) is 6.92 Å². The van der Waals surface area contributed by atoms with Gasteiger partial charge in [0.1, 0.15) is 0 Å². The molecule has 0 spiro atoms. The van der Waals surface area contributed by atoms with Crippen LogP contribution in [0.5, 0.6) is 0 Å². The quantitative estimate of drug-likeness (QED) is 0.749. The Bertz CT molecular complexity index is 595. The summed E-state index contributed by atoms with van der Waals surface area (Å²) in [5.41, 5.74) is 2.02. The first-order valence-corrected chi connectivity index (χ1v) is 10.4. The third-order valence-corrected chi connectivity index (χ3v) is 6.53. The van der Waals surface area contributed by atoms with Crippen molar-refractivity contribution in [2.45, 2.75) is 70.1 Å². The summed E-state index contributed by atoms with van der Waals surface area (Å²) in [7, 11) is 0. The molecule has 0 aromatic heterocycles. The van der Waals surface area contributed by atoms with Crippen molar-refractivity contribution < 1.29 is 9.53 Å². The van der Waals surface area contributed by atoms with E-state index in [9.17, 15) is 4.79 Å². The SMILES string of the molecule is CC(=O)c1ccc(N2CCC(OC3CCN(C4CCC4)CC3)CC2)cc1. The Kier molecular flexibility index (Phi) is 5.60. The third kappa shape index (κ3) is 4.12. The molecule has 0 atom stereocenters. The Morgan fingerprint density at radius 1 is 0.885 bits per heavy atom. The molecule has 0 radical (unpaired) electrons. The van der Waals surface area contributed by atoms with Gasteiger partial charge in [-0.25, -0.2) is 0 Å². The lowest BCUT2D eigenvalue weighted by Crippen LogP contribution is -2.47. The number of carbonyl (C=O) groups is 1. The Balaban J connectivity index is 1.21. The molecule has 4 heteroatoms. The van der Waals surface area contributed by atoms with E-state index in [1.165, 1.54) is 50.9 Å². The van der Waals surface area contributed by atoms with E-state index in [-0.39, 0.29) is 5.78 Å². The predicted molar refractivity (Wildman–Crippen MR) is 105 cm³/mol. The first kappa shape index (κ1) is 18.0. The average Bonchev–Trinajstić information content (AvgIpc) is 2.63. The van der Waals surface area contributed by atoms with Gasteiger partial charge in [0.25, 0.3) is 0 Å². The second-order valence-corrected chi connectivity index (χ2v) is 8.25. The second-order valence-electron chi connectivity index (χ2n) is 8.25. The first-order chi connectivity index (χ1) is 12.7. The van der Waals surface area contributed by atoms with Crippen LogP contribution in [0.4, 0.5) is 5.69 Å². The van der Waals surface area contributed by atoms with Crippen LogP contribution in [0.15, 0.2) is 24.3 Å². The lowest BCUT2D eigenvalue weighted by Gasteiger charge is -2.43. The fraction of sp³-hybridized carbons (Fsp3) is 0.682. The van der Waals surface area contributed by atoms with Crippen molar-refractivity contribution >= 4 is 11.5 Å². The van der Waals surface area contributed by atoms with Gasteiger partial charge in [0.2, 0.25) is 0 Å². The highest BCUT2D eigenvalue weighted by atomic mass is 16.5. The summed E-state index contributed by atoms with van der Waals surface area (Å²) in [4.78, 5) is 16.5. The number of anilines is 1. The number of hydrogen-bond donors (Lipinski definition) is 0. The number of benzene rings is 1. The predicted octanol–water partition coefficient (Wildman–Crippen LogP) is 3.89. The summed E-state index contributed by atoms with van der Waals surface area (Å²) in [6.07, 6.45) is 9.79. The van der Waals surface area contributed by atoms with Gasteiger partial charge in [-0.15, -0.1) is 0 Å². The first-order valence-electron chi connectivity index (χ1n) is 10.4. The molecule has 1 aliphatic carbocycles. The van der Waals surface area contributed by atoms with Gasteiger partial charge in [-0.2, -0.15) is 0 Å². The maximum Gasteiger partial charge on any atom is 0.159 e. The fourth-order valence-corrected chi connectivity index (χ4v) is 4.56. The number of rotatable bonds is 5. The Morgan fingerprint density at radius 2 is 1.46 bits per heavy atom. The topological polar surface area (TPSA) is 32.8 Å². The number of likely N-dealkylation sites (tertiary alicyclic amines) is 1. The number of nitrogens with zero attached hydrogens (tertiary/aromatic N) is 2. The molecular formula is C22H32N2O2.